The van der Waals surface area contributed by atoms with Crippen LogP contribution in [-0.4, -0.2) is 21.0 Å². The van der Waals surface area contributed by atoms with Gasteiger partial charge in [-0.1, -0.05) is 17.8 Å². The van der Waals surface area contributed by atoms with E-state index in [1.54, 1.807) is 6.20 Å². The number of nitrogens with zero attached hydrogens (tertiary/aromatic N) is 2. The van der Waals surface area contributed by atoms with Crippen molar-refractivity contribution in [3.63, 3.8) is 0 Å². The zero-order chi connectivity index (χ0) is 15.5. The summed E-state index contributed by atoms with van der Waals surface area (Å²) in [6, 6.07) is 8.68. The van der Waals surface area contributed by atoms with Crippen LogP contribution < -0.4 is 5.32 Å². The van der Waals surface area contributed by atoms with Crippen molar-refractivity contribution in [2.24, 2.45) is 0 Å². The molecule has 3 rings (SSSR count). The number of imidazole rings is 1. The van der Waals surface area contributed by atoms with Crippen molar-refractivity contribution in [2.75, 3.05) is 11.1 Å². The number of halogens is 2. The summed E-state index contributed by atoms with van der Waals surface area (Å²) in [4.78, 5) is 16.1. The van der Waals surface area contributed by atoms with Gasteiger partial charge in [0.1, 0.15) is 11.6 Å². The number of hydrogen-bond acceptors (Lipinski definition) is 3. The lowest BCUT2D eigenvalue weighted by atomic mass is 10.3. The Morgan fingerprint density at radius 3 is 2.95 bits per heavy atom. The minimum absolute atomic E-state index is 0.0417. The predicted molar refractivity (Wildman–Crippen MR) is 80.9 cm³/mol. The first-order chi connectivity index (χ1) is 10.6. The second-order valence-corrected chi connectivity index (χ2v) is 5.44. The highest BCUT2D eigenvalue weighted by molar-refractivity contribution is 7.99. The molecule has 0 saturated heterocycles. The Hall–Kier alpha value is -2.41. The first-order valence-corrected chi connectivity index (χ1v) is 7.42. The van der Waals surface area contributed by atoms with Crippen LogP contribution in [0.4, 0.5) is 14.5 Å². The van der Waals surface area contributed by atoms with Crippen LogP contribution in [0.25, 0.3) is 5.52 Å². The largest absolute Gasteiger partial charge is 0.323 e. The van der Waals surface area contributed by atoms with E-state index in [4.69, 9.17) is 0 Å². The Kier molecular flexibility index (Phi) is 4.06. The second kappa shape index (κ2) is 6.15. The van der Waals surface area contributed by atoms with Crippen LogP contribution in [0.3, 0.4) is 0 Å². The average Bonchev–Trinajstić information content (AvgIpc) is 2.91. The highest BCUT2D eigenvalue weighted by Crippen LogP contribution is 2.19. The molecule has 7 heteroatoms. The molecule has 0 spiro atoms. The summed E-state index contributed by atoms with van der Waals surface area (Å²) >= 11 is 1.24. The van der Waals surface area contributed by atoms with E-state index in [0.29, 0.717) is 5.16 Å². The van der Waals surface area contributed by atoms with Gasteiger partial charge in [0, 0.05) is 12.3 Å². The van der Waals surface area contributed by atoms with E-state index < -0.39 is 11.6 Å². The van der Waals surface area contributed by atoms with Gasteiger partial charge in [0.15, 0.2) is 5.16 Å². The molecule has 112 valence electrons. The number of amides is 1. The van der Waals surface area contributed by atoms with Gasteiger partial charge in [-0.2, -0.15) is 0 Å². The van der Waals surface area contributed by atoms with Gasteiger partial charge < -0.3 is 5.32 Å². The van der Waals surface area contributed by atoms with E-state index in [0.717, 1.165) is 17.6 Å². The average molecular weight is 319 g/mol. The molecule has 3 aromatic rings. The number of thioether (sulfide) groups is 1. The first kappa shape index (κ1) is 14.5. The molecule has 0 unspecified atom stereocenters. The third-order valence-electron chi connectivity index (χ3n) is 2.94. The van der Waals surface area contributed by atoms with E-state index in [1.165, 1.54) is 17.8 Å². The maximum absolute atomic E-state index is 13.5. The summed E-state index contributed by atoms with van der Waals surface area (Å²) in [6.07, 6.45) is 3.56. The van der Waals surface area contributed by atoms with Crippen LogP contribution in [0.1, 0.15) is 0 Å². The summed E-state index contributed by atoms with van der Waals surface area (Å²) in [7, 11) is 0. The summed E-state index contributed by atoms with van der Waals surface area (Å²) < 4.78 is 28.1. The first-order valence-electron chi connectivity index (χ1n) is 6.43. The molecule has 0 bridgehead atoms. The van der Waals surface area contributed by atoms with Gasteiger partial charge in [0.25, 0.3) is 0 Å². The van der Waals surface area contributed by atoms with Gasteiger partial charge in [-0.25, -0.2) is 13.8 Å². The third-order valence-corrected chi connectivity index (χ3v) is 3.91. The third kappa shape index (κ3) is 3.09. The quantitative estimate of drug-likeness (QED) is 0.750. The minimum Gasteiger partial charge on any atom is -0.323 e. The van der Waals surface area contributed by atoms with Crippen molar-refractivity contribution < 1.29 is 13.6 Å². The minimum atomic E-state index is -0.801. The van der Waals surface area contributed by atoms with E-state index in [1.807, 2.05) is 28.8 Å². The van der Waals surface area contributed by atoms with Crippen LogP contribution in [0.2, 0.25) is 0 Å². The van der Waals surface area contributed by atoms with Gasteiger partial charge in [0.05, 0.1) is 23.2 Å². The molecule has 0 aliphatic rings. The fraction of sp³-hybridized carbons (Fsp3) is 0.0667. The molecule has 0 aliphatic heterocycles. The summed E-state index contributed by atoms with van der Waals surface area (Å²) in [6.45, 7) is 0. The molecule has 0 saturated carbocycles. The molecule has 0 atom stereocenters. The number of fused-ring (bicyclic) bond motifs is 1. The lowest BCUT2D eigenvalue weighted by Gasteiger charge is -2.06. The van der Waals surface area contributed by atoms with E-state index in [9.17, 15) is 13.6 Å². The van der Waals surface area contributed by atoms with Crippen molar-refractivity contribution in [2.45, 2.75) is 5.16 Å². The monoisotopic (exact) mass is 319 g/mol. The molecule has 2 aromatic heterocycles. The van der Waals surface area contributed by atoms with Crippen molar-refractivity contribution in [3.05, 3.63) is 60.4 Å². The van der Waals surface area contributed by atoms with Crippen molar-refractivity contribution in [3.8, 4) is 0 Å². The number of anilines is 1. The van der Waals surface area contributed by atoms with Crippen molar-refractivity contribution in [1.82, 2.24) is 9.38 Å². The highest BCUT2D eigenvalue weighted by atomic mass is 32.2. The molecule has 1 aromatic carbocycles. The predicted octanol–water partition coefficient (Wildman–Crippen LogP) is 3.34. The zero-order valence-corrected chi connectivity index (χ0v) is 12.1. The molecule has 1 amide bonds. The smallest absolute Gasteiger partial charge is 0.234 e. The van der Waals surface area contributed by atoms with Gasteiger partial charge >= 0.3 is 0 Å². The van der Waals surface area contributed by atoms with Gasteiger partial charge in [0.2, 0.25) is 5.91 Å². The van der Waals surface area contributed by atoms with E-state index in [2.05, 4.69) is 10.3 Å². The molecule has 0 fully saturated rings. The number of hydrogen-bond donors (Lipinski definition) is 1. The number of pyridine rings is 1. The fourth-order valence-electron chi connectivity index (χ4n) is 1.93. The molecule has 2 heterocycles. The number of rotatable bonds is 4. The maximum Gasteiger partial charge on any atom is 0.234 e. The lowest BCUT2D eigenvalue weighted by molar-refractivity contribution is -0.113. The lowest BCUT2D eigenvalue weighted by Crippen LogP contribution is -2.15. The molecule has 1 N–H and O–H groups in total. The Morgan fingerprint density at radius 2 is 2.14 bits per heavy atom. The van der Waals surface area contributed by atoms with Crippen LogP contribution in [-0.2, 0) is 4.79 Å². The topological polar surface area (TPSA) is 46.4 Å². The highest BCUT2D eigenvalue weighted by Gasteiger charge is 2.10. The molecular formula is C15H11F2N3OS. The van der Waals surface area contributed by atoms with Crippen LogP contribution in [0.15, 0.2) is 53.9 Å². The second-order valence-electron chi connectivity index (χ2n) is 4.50. The maximum atomic E-state index is 13.5. The molecule has 22 heavy (non-hydrogen) atoms. The number of carbonyl (C=O) groups is 1. The van der Waals surface area contributed by atoms with Crippen LogP contribution in [0.5, 0.6) is 0 Å². The standard InChI is InChI=1S/C15H11F2N3OS/c16-10-4-5-13(12(17)7-10)19-14(21)9-22-15-18-8-11-3-1-2-6-20(11)15/h1-8H,9H2,(H,19,21). The molecule has 0 aliphatic carbocycles. The normalized spacial score (nSPS) is 10.8. The Labute approximate surface area is 129 Å². The Bertz CT molecular complexity index is 835. The summed E-state index contributed by atoms with van der Waals surface area (Å²) in [5, 5.41) is 3.08. The van der Waals surface area contributed by atoms with Gasteiger partial charge in [-0.05, 0) is 24.3 Å². The number of aromatic nitrogens is 2. The molecular weight excluding hydrogens is 308 g/mol. The van der Waals surface area contributed by atoms with Crippen LogP contribution in [0, 0.1) is 11.6 Å². The number of nitrogens with one attached hydrogen (secondary N) is 1. The van der Waals surface area contributed by atoms with Gasteiger partial charge in [-0.15, -0.1) is 0 Å². The summed E-state index contributed by atoms with van der Waals surface area (Å²) in [5.41, 5.74) is 0.884. The number of benzene rings is 1. The van der Waals surface area contributed by atoms with Crippen molar-refractivity contribution in [1.29, 1.82) is 0 Å². The van der Waals surface area contributed by atoms with E-state index in [-0.39, 0.29) is 17.3 Å². The molecule has 4 nitrogen and oxygen atoms in total. The van der Waals surface area contributed by atoms with E-state index >= 15 is 0 Å². The summed E-state index contributed by atoms with van der Waals surface area (Å²) in [5.74, 6) is -1.80. The van der Waals surface area contributed by atoms with Crippen LogP contribution >= 0.6 is 11.8 Å². The number of carbonyl (C=O) groups excluding carboxylic acids is 1. The Morgan fingerprint density at radius 1 is 1.27 bits per heavy atom. The van der Waals surface area contributed by atoms with Gasteiger partial charge in [-0.3, -0.25) is 9.20 Å². The SMILES string of the molecule is O=C(CSc1ncc2ccccn12)Nc1ccc(F)cc1F. The fourth-order valence-corrected chi connectivity index (χ4v) is 2.70. The zero-order valence-electron chi connectivity index (χ0n) is 11.3. The van der Waals surface area contributed by atoms with Crippen molar-refractivity contribution >= 4 is 28.9 Å². The molecule has 0 radical (unpaired) electrons. The Balaban J connectivity index is 1.65.